The molecule has 0 aromatic carbocycles. The summed E-state index contributed by atoms with van der Waals surface area (Å²) in [5.41, 5.74) is 0.653. The molecule has 0 aliphatic heterocycles. The molecule has 1 aromatic heterocycles. The Bertz CT molecular complexity index is 349. The molecule has 13 heavy (non-hydrogen) atoms. The second kappa shape index (κ2) is 4.35. The minimum atomic E-state index is 0.429. The lowest BCUT2D eigenvalue weighted by atomic mass is 10.3. The topological polar surface area (TPSA) is 51.3 Å². The van der Waals surface area contributed by atoms with Crippen molar-refractivity contribution in [1.82, 2.24) is 10.2 Å². The van der Waals surface area contributed by atoms with Gasteiger partial charge < -0.3 is 4.42 Å². The van der Waals surface area contributed by atoms with Crippen molar-refractivity contribution in [3.05, 3.63) is 36.6 Å². The molecule has 4 heteroatoms. The number of aromatic nitrogens is 2. The molecule has 0 amide bonds. The van der Waals surface area contributed by atoms with Crippen LogP contribution < -0.4 is 0 Å². The summed E-state index contributed by atoms with van der Waals surface area (Å²) in [5, 5.41) is 7.54. The van der Waals surface area contributed by atoms with Crippen LogP contribution in [0, 0.1) is 6.92 Å². The lowest BCUT2D eigenvalue weighted by Crippen LogP contribution is -1.96. The Labute approximate surface area is 76.7 Å². The highest BCUT2D eigenvalue weighted by molar-refractivity contribution is 6.05. The van der Waals surface area contributed by atoms with E-state index in [-0.39, 0.29) is 0 Å². The SMILES string of the molecule is C=C/C=C\C(=NC)c1nnc(C)o1. The summed E-state index contributed by atoms with van der Waals surface area (Å²) < 4.78 is 5.20. The number of nitrogens with zero attached hydrogens (tertiary/aromatic N) is 3. The van der Waals surface area contributed by atoms with Gasteiger partial charge in [0.05, 0.1) is 0 Å². The predicted octanol–water partition coefficient (Wildman–Crippen LogP) is 1.54. The summed E-state index contributed by atoms with van der Waals surface area (Å²) in [6, 6.07) is 0. The molecular weight excluding hydrogens is 166 g/mol. The molecule has 68 valence electrons. The molecule has 0 bridgehead atoms. The maximum atomic E-state index is 5.20. The van der Waals surface area contributed by atoms with E-state index in [0.29, 0.717) is 17.5 Å². The minimum Gasteiger partial charge on any atom is -0.420 e. The number of allylic oxidation sites excluding steroid dienone is 3. The first-order chi connectivity index (χ1) is 6.27. The average molecular weight is 177 g/mol. The van der Waals surface area contributed by atoms with Crippen molar-refractivity contribution in [3.63, 3.8) is 0 Å². The Kier molecular flexibility index (Phi) is 3.14. The van der Waals surface area contributed by atoms with E-state index in [2.05, 4.69) is 21.8 Å². The predicted molar refractivity (Wildman–Crippen MR) is 50.8 cm³/mol. The summed E-state index contributed by atoms with van der Waals surface area (Å²) in [7, 11) is 1.67. The first-order valence-electron chi connectivity index (χ1n) is 3.84. The Morgan fingerprint density at radius 3 is 2.77 bits per heavy atom. The molecule has 4 nitrogen and oxygen atoms in total. The molecule has 0 radical (unpaired) electrons. The lowest BCUT2D eigenvalue weighted by molar-refractivity contribution is 0.510. The van der Waals surface area contributed by atoms with E-state index in [9.17, 15) is 0 Å². The zero-order valence-corrected chi connectivity index (χ0v) is 7.69. The molecule has 0 saturated carbocycles. The van der Waals surface area contributed by atoms with Crippen LogP contribution in [0.5, 0.6) is 0 Å². The van der Waals surface area contributed by atoms with Gasteiger partial charge in [-0.1, -0.05) is 18.7 Å². The van der Waals surface area contributed by atoms with Gasteiger partial charge in [0.2, 0.25) is 5.89 Å². The summed E-state index contributed by atoms with van der Waals surface area (Å²) in [6.07, 6.45) is 5.19. The first kappa shape index (κ1) is 9.38. The number of hydrogen-bond acceptors (Lipinski definition) is 4. The third kappa shape index (κ3) is 2.37. The van der Waals surface area contributed by atoms with E-state index in [0.717, 1.165) is 0 Å². The number of aryl methyl sites for hydroxylation is 1. The van der Waals surface area contributed by atoms with Gasteiger partial charge >= 0.3 is 0 Å². The molecule has 0 aliphatic rings. The van der Waals surface area contributed by atoms with Crippen LogP contribution >= 0.6 is 0 Å². The Balaban J connectivity index is 2.91. The van der Waals surface area contributed by atoms with Gasteiger partial charge in [0.25, 0.3) is 5.89 Å². The molecule has 1 heterocycles. The fourth-order valence-electron chi connectivity index (χ4n) is 0.801. The highest BCUT2D eigenvalue weighted by Crippen LogP contribution is 2.01. The van der Waals surface area contributed by atoms with Gasteiger partial charge in [-0.3, -0.25) is 4.99 Å². The van der Waals surface area contributed by atoms with Crippen LogP contribution in [0.25, 0.3) is 0 Å². The van der Waals surface area contributed by atoms with Gasteiger partial charge in [-0.25, -0.2) is 0 Å². The number of hydrogen-bond donors (Lipinski definition) is 0. The fraction of sp³-hybridized carbons (Fsp3) is 0.222. The minimum absolute atomic E-state index is 0.429. The van der Waals surface area contributed by atoms with Crippen molar-refractivity contribution in [3.8, 4) is 0 Å². The fourth-order valence-corrected chi connectivity index (χ4v) is 0.801. The molecule has 1 rings (SSSR count). The molecule has 1 aromatic rings. The van der Waals surface area contributed by atoms with Gasteiger partial charge in [-0.15, -0.1) is 10.2 Å². The van der Waals surface area contributed by atoms with Crippen molar-refractivity contribution < 1.29 is 4.42 Å². The molecule has 0 fully saturated rings. The largest absolute Gasteiger partial charge is 0.420 e. The quantitative estimate of drug-likeness (QED) is 0.519. The van der Waals surface area contributed by atoms with Crippen molar-refractivity contribution in [2.75, 3.05) is 7.05 Å². The zero-order valence-electron chi connectivity index (χ0n) is 7.69. The molecule has 0 spiro atoms. The number of aliphatic imine (C=N–C) groups is 1. The van der Waals surface area contributed by atoms with Gasteiger partial charge in [0, 0.05) is 14.0 Å². The number of rotatable bonds is 3. The molecule has 0 N–H and O–H groups in total. The van der Waals surface area contributed by atoms with Crippen LogP contribution in [0.2, 0.25) is 0 Å². The summed E-state index contributed by atoms with van der Waals surface area (Å²) >= 11 is 0. The molecule has 0 saturated heterocycles. The van der Waals surface area contributed by atoms with E-state index in [1.807, 2.05) is 0 Å². The molecule has 0 atom stereocenters. The zero-order chi connectivity index (χ0) is 9.68. The highest BCUT2D eigenvalue weighted by Gasteiger charge is 2.05. The van der Waals surface area contributed by atoms with Gasteiger partial charge in [-0.05, 0) is 6.08 Å². The standard InChI is InChI=1S/C9H11N3O/c1-4-5-6-8(10-3)9-12-11-7(2)13-9/h4-6H,1H2,2-3H3/b6-5-,10-8?. The summed E-state index contributed by atoms with van der Waals surface area (Å²) in [5.74, 6) is 0.959. The van der Waals surface area contributed by atoms with Crippen LogP contribution in [0.1, 0.15) is 11.8 Å². The average Bonchev–Trinajstić information content (AvgIpc) is 2.54. The second-order valence-corrected chi connectivity index (χ2v) is 2.33. The van der Waals surface area contributed by atoms with E-state index < -0.39 is 0 Å². The van der Waals surface area contributed by atoms with Crippen molar-refractivity contribution in [1.29, 1.82) is 0 Å². The van der Waals surface area contributed by atoms with E-state index in [4.69, 9.17) is 4.42 Å². The van der Waals surface area contributed by atoms with E-state index >= 15 is 0 Å². The maximum absolute atomic E-state index is 5.20. The third-order valence-electron chi connectivity index (χ3n) is 1.38. The third-order valence-corrected chi connectivity index (χ3v) is 1.38. The van der Waals surface area contributed by atoms with Crippen molar-refractivity contribution in [2.45, 2.75) is 6.92 Å². The Hall–Kier alpha value is -1.71. The smallest absolute Gasteiger partial charge is 0.265 e. The lowest BCUT2D eigenvalue weighted by Gasteiger charge is -1.89. The first-order valence-corrected chi connectivity index (χ1v) is 3.84. The van der Waals surface area contributed by atoms with Crippen molar-refractivity contribution >= 4 is 5.71 Å². The van der Waals surface area contributed by atoms with Gasteiger partial charge in [-0.2, -0.15) is 0 Å². The van der Waals surface area contributed by atoms with Crippen LogP contribution in [-0.4, -0.2) is 23.0 Å². The molecular formula is C9H11N3O. The van der Waals surface area contributed by atoms with Crippen LogP contribution in [0.15, 0.2) is 34.2 Å². The van der Waals surface area contributed by atoms with Crippen LogP contribution in [-0.2, 0) is 0 Å². The summed E-state index contributed by atoms with van der Waals surface area (Å²) in [4.78, 5) is 3.99. The second-order valence-electron chi connectivity index (χ2n) is 2.33. The van der Waals surface area contributed by atoms with Gasteiger partial charge in [0.15, 0.2) is 0 Å². The van der Waals surface area contributed by atoms with Gasteiger partial charge in [0.1, 0.15) is 5.71 Å². The highest BCUT2D eigenvalue weighted by atomic mass is 16.4. The van der Waals surface area contributed by atoms with Crippen LogP contribution in [0.3, 0.4) is 0 Å². The van der Waals surface area contributed by atoms with Crippen LogP contribution in [0.4, 0.5) is 0 Å². The normalized spacial score (nSPS) is 12.3. The monoisotopic (exact) mass is 177 g/mol. The Morgan fingerprint density at radius 1 is 1.54 bits per heavy atom. The van der Waals surface area contributed by atoms with E-state index in [1.54, 1.807) is 32.2 Å². The Morgan fingerprint density at radius 2 is 2.31 bits per heavy atom. The summed E-state index contributed by atoms with van der Waals surface area (Å²) in [6.45, 7) is 5.29. The van der Waals surface area contributed by atoms with E-state index in [1.165, 1.54) is 0 Å². The maximum Gasteiger partial charge on any atom is 0.265 e. The molecule has 0 aliphatic carbocycles. The molecule has 0 unspecified atom stereocenters. The van der Waals surface area contributed by atoms with Crippen molar-refractivity contribution in [2.24, 2.45) is 4.99 Å².